The van der Waals surface area contributed by atoms with E-state index >= 15 is 0 Å². The summed E-state index contributed by atoms with van der Waals surface area (Å²) in [7, 11) is -2.92. The molecule has 0 fully saturated rings. The van der Waals surface area contributed by atoms with Crippen molar-refractivity contribution in [2.45, 2.75) is 5.75 Å². The molecule has 7 nitrogen and oxygen atoms in total. The highest BCUT2D eigenvalue weighted by Gasteiger charge is 2.28. The Morgan fingerprint density at radius 3 is 2.73 bits per heavy atom. The molecule has 0 unspecified atom stereocenters. The van der Waals surface area contributed by atoms with Gasteiger partial charge in [-0.1, -0.05) is 12.1 Å². The second kappa shape index (κ2) is 5.76. The molecular formula is C13H13BrN4O3S. The Balaban J connectivity index is 1.76. The Kier molecular flexibility index (Phi) is 3.96. The van der Waals surface area contributed by atoms with Gasteiger partial charge in [0.05, 0.1) is 17.1 Å². The van der Waals surface area contributed by atoms with Crippen molar-refractivity contribution < 1.29 is 13.9 Å². The maximum Gasteiger partial charge on any atom is 0.323 e. The summed E-state index contributed by atoms with van der Waals surface area (Å²) in [4.78, 5) is 16.2. The van der Waals surface area contributed by atoms with Gasteiger partial charge in [0.25, 0.3) is 0 Å². The highest BCUT2D eigenvalue weighted by molar-refractivity contribution is 9.10. The van der Waals surface area contributed by atoms with Gasteiger partial charge < -0.3 is 10.6 Å². The number of para-hydroxylation sites is 1. The van der Waals surface area contributed by atoms with E-state index in [1.54, 1.807) is 18.2 Å². The van der Waals surface area contributed by atoms with Crippen molar-refractivity contribution >= 4 is 49.8 Å². The lowest BCUT2D eigenvalue weighted by atomic mass is 10.3. The quantitative estimate of drug-likeness (QED) is 0.536. The summed E-state index contributed by atoms with van der Waals surface area (Å²) >= 11 is 3.35. The number of urea groups is 1. The van der Waals surface area contributed by atoms with Gasteiger partial charge in [-0.15, -0.1) is 10.8 Å². The number of aromatic nitrogens is 1. The zero-order valence-electron chi connectivity index (χ0n) is 11.2. The predicted molar refractivity (Wildman–Crippen MR) is 91.2 cm³/mol. The normalized spacial score (nSPS) is 16.3. The average Bonchev–Trinajstić information content (AvgIpc) is 2.76. The fourth-order valence-electron chi connectivity index (χ4n) is 2.06. The maximum atomic E-state index is 12.1. The van der Waals surface area contributed by atoms with Gasteiger partial charge in [0.1, 0.15) is 11.4 Å². The summed E-state index contributed by atoms with van der Waals surface area (Å²) < 4.78 is 22.8. The maximum absolute atomic E-state index is 12.1. The Morgan fingerprint density at radius 2 is 1.95 bits per heavy atom. The Bertz CT molecular complexity index is 741. The number of anilines is 3. The van der Waals surface area contributed by atoms with E-state index in [1.807, 2.05) is 12.1 Å². The van der Waals surface area contributed by atoms with Crippen LogP contribution in [0.15, 0.2) is 41.0 Å². The number of carbonyl (C=O) groups is 1. The minimum absolute atomic E-state index is 0.0315. The Hall–Kier alpha value is -1.81. The van der Waals surface area contributed by atoms with Crippen LogP contribution in [0.5, 0.6) is 0 Å². The first-order valence-corrected chi connectivity index (χ1v) is 8.79. The Morgan fingerprint density at radius 1 is 1.23 bits per heavy atom. The van der Waals surface area contributed by atoms with E-state index in [0.717, 1.165) is 4.47 Å². The first-order chi connectivity index (χ1) is 10.4. The summed E-state index contributed by atoms with van der Waals surface area (Å²) in [6.45, 7) is 0. The van der Waals surface area contributed by atoms with Crippen LogP contribution in [0.2, 0.25) is 0 Å². The first-order valence-electron chi connectivity index (χ1n) is 6.29. The minimum Gasteiger partial charge on any atom is -0.307 e. The number of hydrogen-bond acceptors (Lipinski definition) is 5. The highest BCUT2D eigenvalue weighted by Crippen LogP contribution is 2.52. The fraction of sp³-hybridized carbons (Fsp3) is 0.0769. The number of benzene rings is 1. The molecule has 1 aliphatic rings. The van der Waals surface area contributed by atoms with Gasteiger partial charge in [-0.25, -0.2) is 4.79 Å². The van der Waals surface area contributed by atoms with Crippen LogP contribution in [0.25, 0.3) is 0 Å². The topological polar surface area (TPSA) is 107 Å². The van der Waals surface area contributed by atoms with Crippen molar-refractivity contribution in [2.24, 2.45) is 0 Å². The van der Waals surface area contributed by atoms with Crippen LogP contribution < -0.4 is 15.4 Å². The van der Waals surface area contributed by atoms with E-state index in [0.29, 0.717) is 22.8 Å². The molecule has 116 valence electrons. The first kappa shape index (κ1) is 15.1. The molecule has 0 bridgehead atoms. The summed E-state index contributed by atoms with van der Waals surface area (Å²) in [6.07, 6.45) is 1.51. The summed E-state index contributed by atoms with van der Waals surface area (Å²) in [5.74, 6) is 0.0315. The van der Waals surface area contributed by atoms with Crippen LogP contribution in [-0.2, 0) is 5.75 Å². The third-order valence-corrected chi connectivity index (χ3v) is 4.90. The van der Waals surface area contributed by atoms with Gasteiger partial charge in [-0.3, -0.25) is 18.8 Å². The number of fused-ring (bicyclic) bond motifs is 1. The van der Waals surface area contributed by atoms with Crippen molar-refractivity contribution in [1.29, 1.82) is 0 Å². The lowest BCUT2D eigenvalue weighted by Gasteiger charge is -2.26. The molecule has 0 radical (unpaired) electrons. The number of nitrogens with zero attached hydrogens (tertiary/aromatic N) is 1. The molecule has 0 atom stereocenters. The van der Waals surface area contributed by atoms with E-state index in [9.17, 15) is 13.9 Å². The van der Waals surface area contributed by atoms with Crippen molar-refractivity contribution in [3.05, 3.63) is 46.7 Å². The number of rotatable bonds is 2. The predicted octanol–water partition coefficient (Wildman–Crippen LogP) is 4.08. The molecule has 2 aromatic rings. The van der Waals surface area contributed by atoms with Crippen LogP contribution in [0.1, 0.15) is 5.69 Å². The SMILES string of the molecule is O=C(Nc1ccccc1Br)Nc1ccnc2c1NS(O)(O)C2. The van der Waals surface area contributed by atoms with Gasteiger partial charge in [-0.05, 0) is 34.1 Å². The van der Waals surface area contributed by atoms with E-state index in [2.05, 4.69) is 36.3 Å². The second-order valence-corrected chi connectivity index (χ2v) is 7.33. The molecule has 22 heavy (non-hydrogen) atoms. The van der Waals surface area contributed by atoms with E-state index < -0.39 is 16.8 Å². The van der Waals surface area contributed by atoms with E-state index in [1.165, 1.54) is 6.20 Å². The monoisotopic (exact) mass is 384 g/mol. The molecule has 0 aliphatic carbocycles. The zero-order valence-corrected chi connectivity index (χ0v) is 13.6. The molecule has 0 spiro atoms. The molecular weight excluding hydrogens is 372 g/mol. The molecule has 0 saturated heterocycles. The third kappa shape index (κ3) is 3.17. The number of halogens is 1. The zero-order chi connectivity index (χ0) is 15.7. The standard InChI is InChI=1S/C13H13BrN4O3S/c14-8-3-1-2-4-9(8)16-13(19)17-10-5-6-15-11-7-22(20,21)18-12(10)11/h1-6,18,20-21H,7H2,(H2,15,16,17,19). The highest BCUT2D eigenvalue weighted by atomic mass is 79.9. The third-order valence-electron chi connectivity index (χ3n) is 3.00. The van der Waals surface area contributed by atoms with Crippen LogP contribution in [0.4, 0.5) is 21.9 Å². The average molecular weight is 385 g/mol. The fourth-order valence-corrected chi connectivity index (χ4v) is 3.67. The lowest BCUT2D eigenvalue weighted by molar-refractivity contribution is 0.262. The summed E-state index contributed by atoms with van der Waals surface area (Å²) in [5.41, 5.74) is 2.01. The number of amides is 2. The van der Waals surface area contributed by atoms with E-state index in [-0.39, 0.29) is 5.75 Å². The molecule has 0 saturated carbocycles. The molecule has 9 heteroatoms. The van der Waals surface area contributed by atoms with Crippen molar-refractivity contribution in [2.75, 3.05) is 15.4 Å². The smallest absolute Gasteiger partial charge is 0.307 e. The van der Waals surface area contributed by atoms with E-state index in [4.69, 9.17) is 0 Å². The molecule has 1 aliphatic heterocycles. The van der Waals surface area contributed by atoms with Gasteiger partial charge in [0.2, 0.25) is 0 Å². The van der Waals surface area contributed by atoms with Gasteiger partial charge in [0.15, 0.2) is 0 Å². The van der Waals surface area contributed by atoms with Crippen LogP contribution in [0, 0.1) is 0 Å². The summed E-state index contributed by atoms with van der Waals surface area (Å²) in [5, 5.41) is 5.38. The molecule has 1 aromatic carbocycles. The van der Waals surface area contributed by atoms with Crippen LogP contribution in [0.3, 0.4) is 0 Å². The lowest BCUT2D eigenvalue weighted by Crippen LogP contribution is -2.20. The largest absolute Gasteiger partial charge is 0.323 e. The number of hydrogen-bond donors (Lipinski definition) is 5. The molecule has 1 aromatic heterocycles. The second-order valence-electron chi connectivity index (χ2n) is 4.65. The van der Waals surface area contributed by atoms with Gasteiger partial charge >= 0.3 is 6.03 Å². The molecule has 2 amide bonds. The number of carbonyl (C=O) groups excluding carboxylic acids is 1. The minimum atomic E-state index is -2.92. The summed E-state index contributed by atoms with van der Waals surface area (Å²) in [6, 6.07) is 8.38. The van der Waals surface area contributed by atoms with Crippen molar-refractivity contribution in [3.8, 4) is 0 Å². The molecule has 2 heterocycles. The van der Waals surface area contributed by atoms with Crippen molar-refractivity contribution in [1.82, 2.24) is 4.98 Å². The molecule has 3 rings (SSSR count). The van der Waals surface area contributed by atoms with Gasteiger partial charge in [-0.2, -0.15) is 0 Å². The Labute approximate surface area is 136 Å². The number of nitrogens with one attached hydrogen (secondary N) is 3. The van der Waals surface area contributed by atoms with Gasteiger partial charge in [0, 0.05) is 10.7 Å². The van der Waals surface area contributed by atoms with Crippen molar-refractivity contribution in [3.63, 3.8) is 0 Å². The molecule has 5 N–H and O–H groups in total. The number of pyridine rings is 1. The van der Waals surface area contributed by atoms with Crippen LogP contribution >= 0.6 is 26.7 Å². The van der Waals surface area contributed by atoms with Crippen LogP contribution in [-0.4, -0.2) is 20.1 Å².